The molecule has 1 aliphatic rings. The Morgan fingerprint density at radius 1 is 1.38 bits per heavy atom. The fourth-order valence-corrected chi connectivity index (χ4v) is 2.55. The van der Waals surface area contributed by atoms with Crippen LogP contribution in [0.25, 0.3) is 0 Å². The number of carbonyl (C=O) groups is 1. The lowest BCUT2D eigenvalue weighted by Gasteiger charge is -2.16. The molecule has 1 aliphatic heterocycles. The number of esters is 1. The molecule has 1 unspecified atom stereocenters. The molecule has 4 heteroatoms. The normalized spacial score (nSPS) is 19.7. The van der Waals surface area contributed by atoms with E-state index >= 15 is 0 Å². The second kappa shape index (κ2) is 6.93. The van der Waals surface area contributed by atoms with Crippen LogP contribution in [0.1, 0.15) is 32.8 Å². The van der Waals surface area contributed by atoms with Crippen molar-refractivity contribution >= 4 is 21.9 Å². The van der Waals surface area contributed by atoms with E-state index in [2.05, 4.69) is 27.8 Å². The van der Waals surface area contributed by atoms with Crippen molar-refractivity contribution in [2.24, 2.45) is 5.92 Å². The number of carbonyl (C=O) groups excluding carboxylic acids is 1. The largest absolute Gasteiger partial charge is 0.426 e. The smallest absolute Gasteiger partial charge is 0.327 e. The van der Waals surface area contributed by atoms with Gasteiger partial charge in [-0.25, -0.2) is 0 Å². The monoisotopic (exact) mass is 353 g/mol. The first-order valence-corrected chi connectivity index (χ1v) is 8.36. The van der Waals surface area contributed by atoms with Gasteiger partial charge in [0, 0.05) is 13.1 Å². The third-order valence-corrected chi connectivity index (χ3v) is 4.17. The Hall–Kier alpha value is -0.870. The molecule has 3 nitrogen and oxygen atoms in total. The fourth-order valence-electron chi connectivity index (χ4n) is 2.47. The standard InChI is InChI=1S/C17H24BrNO2/c1-13-8-10-19(12-13)11-9-14-4-6-15(7-5-14)21-16(20)17(2,3)18/h4-7,13H,8-12H2,1-3H3. The lowest BCUT2D eigenvalue weighted by atomic mass is 10.1. The summed E-state index contributed by atoms with van der Waals surface area (Å²) in [6.07, 6.45) is 2.36. The quantitative estimate of drug-likeness (QED) is 0.459. The molecule has 0 N–H and O–H groups in total. The van der Waals surface area contributed by atoms with Gasteiger partial charge in [-0.1, -0.05) is 35.0 Å². The Kier molecular flexibility index (Phi) is 5.44. The topological polar surface area (TPSA) is 29.5 Å². The van der Waals surface area contributed by atoms with Gasteiger partial charge in [0.05, 0.1) is 0 Å². The average Bonchev–Trinajstić information content (AvgIpc) is 2.83. The summed E-state index contributed by atoms with van der Waals surface area (Å²) in [7, 11) is 0. The van der Waals surface area contributed by atoms with Crippen LogP contribution in [0.15, 0.2) is 24.3 Å². The van der Waals surface area contributed by atoms with E-state index in [1.165, 1.54) is 25.1 Å². The van der Waals surface area contributed by atoms with Crippen molar-refractivity contribution in [1.82, 2.24) is 4.90 Å². The highest BCUT2D eigenvalue weighted by Crippen LogP contribution is 2.21. The van der Waals surface area contributed by atoms with Crippen LogP contribution in [0, 0.1) is 5.92 Å². The number of hydrogen-bond donors (Lipinski definition) is 0. The van der Waals surface area contributed by atoms with E-state index in [0.717, 1.165) is 18.9 Å². The highest BCUT2D eigenvalue weighted by Gasteiger charge is 2.26. The van der Waals surface area contributed by atoms with Crippen molar-refractivity contribution in [3.63, 3.8) is 0 Å². The summed E-state index contributed by atoms with van der Waals surface area (Å²) >= 11 is 3.30. The third-order valence-electron chi connectivity index (χ3n) is 3.84. The van der Waals surface area contributed by atoms with Gasteiger partial charge in [-0.2, -0.15) is 0 Å². The summed E-state index contributed by atoms with van der Waals surface area (Å²) < 4.78 is 4.67. The van der Waals surface area contributed by atoms with Crippen LogP contribution >= 0.6 is 15.9 Å². The highest BCUT2D eigenvalue weighted by molar-refractivity contribution is 9.10. The summed E-state index contributed by atoms with van der Waals surface area (Å²) in [4.78, 5) is 14.3. The number of ether oxygens (including phenoxy) is 1. The van der Waals surface area contributed by atoms with Gasteiger partial charge >= 0.3 is 5.97 Å². The zero-order valence-electron chi connectivity index (χ0n) is 13.1. The van der Waals surface area contributed by atoms with Crippen LogP contribution in [-0.4, -0.2) is 34.8 Å². The molecule has 1 saturated heterocycles. The summed E-state index contributed by atoms with van der Waals surface area (Å²) in [5.41, 5.74) is 1.28. The maximum atomic E-state index is 11.8. The number of alkyl halides is 1. The predicted octanol–water partition coefficient (Wildman–Crippen LogP) is 3.65. The van der Waals surface area contributed by atoms with Gasteiger partial charge in [0.1, 0.15) is 10.1 Å². The molecule has 0 radical (unpaired) electrons. The Balaban J connectivity index is 1.83. The minimum Gasteiger partial charge on any atom is -0.426 e. The van der Waals surface area contributed by atoms with Crippen LogP contribution < -0.4 is 4.74 Å². The van der Waals surface area contributed by atoms with Gasteiger partial charge in [-0.15, -0.1) is 0 Å². The van der Waals surface area contributed by atoms with E-state index in [0.29, 0.717) is 5.75 Å². The van der Waals surface area contributed by atoms with Crippen molar-refractivity contribution in [2.45, 2.75) is 37.9 Å². The lowest BCUT2D eigenvalue weighted by Crippen LogP contribution is -2.29. The van der Waals surface area contributed by atoms with Gasteiger partial charge in [-0.05, 0) is 56.8 Å². The SMILES string of the molecule is CC1CCN(CCc2ccc(OC(=O)C(C)(C)Br)cc2)C1. The van der Waals surface area contributed by atoms with Crippen LogP contribution in [0.5, 0.6) is 5.75 Å². The minimum absolute atomic E-state index is 0.277. The van der Waals surface area contributed by atoms with E-state index < -0.39 is 4.32 Å². The average molecular weight is 354 g/mol. The predicted molar refractivity (Wildman–Crippen MR) is 89.0 cm³/mol. The zero-order chi connectivity index (χ0) is 15.5. The fraction of sp³-hybridized carbons (Fsp3) is 0.588. The van der Waals surface area contributed by atoms with Crippen molar-refractivity contribution in [1.29, 1.82) is 0 Å². The minimum atomic E-state index is -0.655. The second-order valence-corrected chi connectivity index (χ2v) is 8.43. The van der Waals surface area contributed by atoms with Crippen molar-refractivity contribution in [2.75, 3.05) is 19.6 Å². The Morgan fingerprint density at radius 2 is 2.05 bits per heavy atom. The molecular weight excluding hydrogens is 330 g/mol. The van der Waals surface area contributed by atoms with Crippen LogP contribution in [0.3, 0.4) is 0 Å². The molecular formula is C17H24BrNO2. The van der Waals surface area contributed by atoms with Crippen molar-refractivity contribution in [3.8, 4) is 5.75 Å². The number of hydrogen-bond acceptors (Lipinski definition) is 3. The molecule has 1 aromatic carbocycles. The summed E-state index contributed by atoms with van der Waals surface area (Å²) in [5, 5.41) is 0. The maximum absolute atomic E-state index is 11.8. The Bertz CT molecular complexity index is 479. The van der Waals surface area contributed by atoms with Crippen molar-refractivity contribution < 1.29 is 9.53 Å². The van der Waals surface area contributed by atoms with E-state index in [1.807, 2.05) is 24.3 Å². The number of halogens is 1. The molecule has 1 heterocycles. The summed E-state index contributed by atoms with van der Waals surface area (Å²) in [6.45, 7) is 9.42. The van der Waals surface area contributed by atoms with E-state index in [1.54, 1.807) is 13.8 Å². The molecule has 0 aliphatic carbocycles. The summed E-state index contributed by atoms with van der Waals surface area (Å²) in [5.74, 6) is 1.16. The number of likely N-dealkylation sites (tertiary alicyclic amines) is 1. The Labute approximate surface area is 135 Å². The molecule has 21 heavy (non-hydrogen) atoms. The van der Waals surface area contributed by atoms with Gasteiger partial charge < -0.3 is 9.64 Å². The first-order chi connectivity index (χ1) is 9.84. The molecule has 0 spiro atoms. The van der Waals surface area contributed by atoms with Gasteiger partial charge in [0.15, 0.2) is 0 Å². The number of benzene rings is 1. The third kappa shape index (κ3) is 5.11. The molecule has 116 valence electrons. The molecule has 0 saturated carbocycles. The van der Waals surface area contributed by atoms with Crippen LogP contribution in [0.4, 0.5) is 0 Å². The zero-order valence-corrected chi connectivity index (χ0v) is 14.6. The van der Waals surface area contributed by atoms with E-state index in [9.17, 15) is 4.79 Å². The lowest BCUT2D eigenvalue weighted by molar-refractivity contribution is -0.136. The molecule has 0 amide bonds. The molecule has 2 rings (SSSR count). The van der Waals surface area contributed by atoms with Gasteiger partial charge in [0.25, 0.3) is 0 Å². The molecule has 1 aromatic rings. The molecule has 0 bridgehead atoms. The number of nitrogens with zero attached hydrogens (tertiary/aromatic N) is 1. The Morgan fingerprint density at radius 3 is 2.57 bits per heavy atom. The number of rotatable bonds is 5. The van der Waals surface area contributed by atoms with Gasteiger partial charge in [-0.3, -0.25) is 4.79 Å². The molecule has 0 aromatic heterocycles. The van der Waals surface area contributed by atoms with Gasteiger partial charge in [0.2, 0.25) is 0 Å². The van der Waals surface area contributed by atoms with E-state index in [-0.39, 0.29) is 5.97 Å². The van der Waals surface area contributed by atoms with Crippen molar-refractivity contribution in [3.05, 3.63) is 29.8 Å². The second-order valence-electron chi connectivity index (χ2n) is 6.45. The van der Waals surface area contributed by atoms with Crippen LogP contribution in [-0.2, 0) is 11.2 Å². The summed E-state index contributed by atoms with van der Waals surface area (Å²) in [6, 6.07) is 7.84. The molecule has 1 fully saturated rings. The van der Waals surface area contributed by atoms with Crippen LogP contribution in [0.2, 0.25) is 0 Å². The first kappa shape index (κ1) is 16.5. The molecule has 1 atom stereocenters. The highest BCUT2D eigenvalue weighted by atomic mass is 79.9. The first-order valence-electron chi connectivity index (χ1n) is 7.57. The van der Waals surface area contributed by atoms with E-state index in [4.69, 9.17) is 4.74 Å². The maximum Gasteiger partial charge on any atom is 0.327 e.